The number of hydrogen-bond donors (Lipinski definition) is 1. The molecule has 1 unspecified atom stereocenters. The van der Waals surface area contributed by atoms with Gasteiger partial charge in [0.25, 0.3) is 0 Å². The Hall–Kier alpha value is -1.43. The Labute approximate surface area is 97.5 Å². The predicted molar refractivity (Wildman–Crippen MR) is 58.1 cm³/mol. The Morgan fingerprint density at radius 3 is 2.53 bits per heavy atom. The van der Waals surface area contributed by atoms with Crippen LogP contribution >= 0.6 is 0 Å². The van der Waals surface area contributed by atoms with Crippen LogP contribution in [0.1, 0.15) is 6.92 Å². The summed E-state index contributed by atoms with van der Waals surface area (Å²) < 4.78 is 45.2. The minimum Gasteiger partial charge on any atom is -0.404 e. The highest BCUT2D eigenvalue weighted by atomic mass is 19.4. The van der Waals surface area contributed by atoms with Crippen LogP contribution in [-0.2, 0) is 4.74 Å². The van der Waals surface area contributed by atoms with Crippen LogP contribution < -0.4 is 10.1 Å². The molecule has 0 aliphatic carbocycles. The maximum absolute atomic E-state index is 12.1. The third-order valence-electron chi connectivity index (χ3n) is 2.10. The number of methoxy groups -OCH3 is 1. The van der Waals surface area contributed by atoms with Gasteiger partial charge in [-0.25, -0.2) is 0 Å². The second-order valence-electron chi connectivity index (χ2n) is 3.47. The van der Waals surface area contributed by atoms with Crippen LogP contribution in [0.3, 0.4) is 0 Å². The monoisotopic (exact) mass is 249 g/mol. The standard InChI is InChI=1S/C11H14F3NO2/c1-8(16-2)7-15-9-5-3-4-6-10(9)17-11(12,13)14/h3-6,8,15H,7H2,1-2H3. The van der Waals surface area contributed by atoms with Gasteiger partial charge in [0.1, 0.15) is 0 Å². The van der Waals surface area contributed by atoms with Crippen molar-refractivity contribution in [1.29, 1.82) is 0 Å². The average molecular weight is 249 g/mol. The molecule has 1 aromatic rings. The lowest BCUT2D eigenvalue weighted by molar-refractivity contribution is -0.274. The summed E-state index contributed by atoms with van der Waals surface area (Å²) in [6.45, 7) is 2.20. The smallest absolute Gasteiger partial charge is 0.404 e. The van der Waals surface area contributed by atoms with E-state index in [1.165, 1.54) is 25.3 Å². The van der Waals surface area contributed by atoms with E-state index in [4.69, 9.17) is 4.74 Å². The van der Waals surface area contributed by atoms with Crippen molar-refractivity contribution in [1.82, 2.24) is 0 Å². The second kappa shape index (κ2) is 5.77. The van der Waals surface area contributed by atoms with Gasteiger partial charge in [-0.15, -0.1) is 13.2 Å². The molecule has 3 nitrogen and oxygen atoms in total. The molecular weight excluding hydrogens is 235 g/mol. The van der Waals surface area contributed by atoms with Gasteiger partial charge in [0.2, 0.25) is 0 Å². The molecule has 0 aliphatic rings. The maximum atomic E-state index is 12.1. The normalized spacial score (nSPS) is 13.2. The fourth-order valence-corrected chi connectivity index (χ4v) is 1.16. The Morgan fingerprint density at radius 1 is 1.29 bits per heavy atom. The Morgan fingerprint density at radius 2 is 1.94 bits per heavy atom. The summed E-state index contributed by atoms with van der Waals surface area (Å²) in [6.07, 6.45) is -4.79. The van der Waals surface area contributed by atoms with Gasteiger partial charge in [-0.05, 0) is 19.1 Å². The number of para-hydroxylation sites is 2. The van der Waals surface area contributed by atoms with Crippen molar-refractivity contribution in [3.8, 4) is 5.75 Å². The molecular formula is C11H14F3NO2. The lowest BCUT2D eigenvalue weighted by Gasteiger charge is -2.16. The molecule has 1 atom stereocenters. The number of benzene rings is 1. The molecule has 0 fully saturated rings. The summed E-state index contributed by atoms with van der Waals surface area (Å²) in [4.78, 5) is 0. The van der Waals surface area contributed by atoms with E-state index in [1.54, 1.807) is 13.0 Å². The first kappa shape index (κ1) is 13.6. The largest absolute Gasteiger partial charge is 0.573 e. The van der Waals surface area contributed by atoms with Crippen LogP contribution in [0.5, 0.6) is 5.75 Å². The minimum absolute atomic E-state index is 0.103. The predicted octanol–water partition coefficient (Wildman–Crippen LogP) is 3.03. The third-order valence-corrected chi connectivity index (χ3v) is 2.10. The zero-order chi connectivity index (χ0) is 12.9. The molecule has 0 saturated carbocycles. The molecule has 0 spiro atoms. The van der Waals surface area contributed by atoms with Crippen molar-refractivity contribution >= 4 is 5.69 Å². The van der Waals surface area contributed by atoms with Gasteiger partial charge in [0.05, 0.1) is 11.8 Å². The first-order valence-electron chi connectivity index (χ1n) is 5.04. The first-order chi connectivity index (χ1) is 7.92. The highest BCUT2D eigenvalue weighted by molar-refractivity contribution is 5.56. The van der Waals surface area contributed by atoms with Gasteiger partial charge in [-0.2, -0.15) is 0 Å². The maximum Gasteiger partial charge on any atom is 0.573 e. The third kappa shape index (κ3) is 4.95. The number of alkyl halides is 3. The van der Waals surface area contributed by atoms with Gasteiger partial charge in [-0.3, -0.25) is 0 Å². The summed E-state index contributed by atoms with van der Waals surface area (Å²) in [5.41, 5.74) is 0.286. The molecule has 96 valence electrons. The van der Waals surface area contributed by atoms with Gasteiger partial charge >= 0.3 is 6.36 Å². The summed E-state index contributed by atoms with van der Waals surface area (Å²) in [7, 11) is 1.53. The first-order valence-corrected chi connectivity index (χ1v) is 5.04. The minimum atomic E-state index is -4.69. The van der Waals surface area contributed by atoms with Crippen LogP contribution in [0, 0.1) is 0 Å². The van der Waals surface area contributed by atoms with E-state index in [2.05, 4.69) is 10.1 Å². The Kier molecular flexibility index (Phi) is 4.62. The molecule has 0 aromatic heterocycles. The summed E-state index contributed by atoms with van der Waals surface area (Å²) in [6, 6.07) is 5.88. The van der Waals surface area contributed by atoms with Crippen molar-refractivity contribution in [2.24, 2.45) is 0 Å². The summed E-state index contributed by atoms with van der Waals surface area (Å²) >= 11 is 0. The van der Waals surface area contributed by atoms with Crippen molar-refractivity contribution in [3.05, 3.63) is 24.3 Å². The highest BCUT2D eigenvalue weighted by Gasteiger charge is 2.32. The molecule has 0 amide bonds. The number of anilines is 1. The molecule has 0 aliphatic heterocycles. The van der Waals surface area contributed by atoms with Crippen LogP contribution in [-0.4, -0.2) is 26.1 Å². The Balaban J connectivity index is 2.71. The van der Waals surface area contributed by atoms with Crippen LogP contribution in [0.25, 0.3) is 0 Å². The average Bonchev–Trinajstić information content (AvgIpc) is 2.25. The van der Waals surface area contributed by atoms with Crippen molar-refractivity contribution in [3.63, 3.8) is 0 Å². The van der Waals surface area contributed by atoms with Crippen molar-refractivity contribution in [2.45, 2.75) is 19.4 Å². The van der Waals surface area contributed by atoms with Gasteiger partial charge in [0, 0.05) is 13.7 Å². The van der Waals surface area contributed by atoms with Crippen LogP contribution in [0.15, 0.2) is 24.3 Å². The van der Waals surface area contributed by atoms with Crippen molar-refractivity contribution < 1.29 is 22.6 Å². The zero-order valence-electron chi connectivity index (χ0n) is 9.54. The molecule has 17 heavy (non-hydrogen) atoms. The molecule has 0 radical (unpaired) electrons. The van der Waals surface area contributed by atoms with E-state index in [0.29, 0.717) is 6.54 Å². The van der Waals surface area contributed by atoms with Crippen LogP contribution in [0.4, 0.5) is 18.9 Å². The van der Waals surface area contributed by atoms with Gasteiger partial charge in [0.15, 0.2) is 5.75 Å². The van der Waals surface area contributed by atoms with Crippen LogP contribution in [0.2, 0.25) is 0 Å². The number of hydrogen-bond acceptors (Lipinski definition) is 3. The lowest BCUT2D eigenvalue weighted by Crippen LogP contribution is -2.21. The topological polar surface area (TPSA) is 30.5 Å². The second-order valence-corrected chi connectivity index (χ2v) is 3.47. The van der Waals surface area contributed by atoms with E-state index < -0.39 is 6.36 Å². The molecule has 1 N–H and O–H groups in total. The van der Waals surface area contributed by atoms with E-state index >= 15 is 0 Å². The fourth-order valence-electron chi connectivity index (χ4n) is 1.16. The Bertz CT molecular complexity index is 355. The van der Waals surface area contributed by atoms with E-state index in [-0.39, 0.29) is 17.5 Å². The molecule has 0 heterocycles. The van der Waals surface area contributed by atoms with Crippen molar-refractivity contribution in [2.75, 3.05) is 19.0 Å². The molecule has 0 bridgehead atoms. The van der Waals surface area contributed by atoms with E-state index in [0.717, 1.165) is 0 Å². The number of halogens is 3. The van der Waals surface area contributed by atoms with Gasteiger partial charge < -0.3 is 14.8 Å². The van der Waals surface area contributed by atoms with E-state index in [9.17, 15) is 13.2 Å². The quantitative estimate of drug-likeness (QED) is 0.870. The van der Waals surface area contributed by atoms with Gasteiger partial charge in [-0.1, -0.05) is 12.1 Å². The lowest BCUT2D eigenvalue weighted by atomic mass is 10.3. The molecule has 1 rings (SSSR count). The summed E-state index contributed by atoms with van der Waals surface area (Å²) in [5.74, 6) is -0.247. The molecule has 1 aromatic carbocycles. The molecule has 0 saturated heterocycles. The number of nitrogens with one attached hydrogen (secondary N) is 1. The fraction of sp³-hybridized carbons (Fsp3) is 0.455. The highest BCUT2D eigenvalue weighted by Crippen LogP contribution is 2.29. The zero-order valence-corrected chi connectivity index (χ0v) is 9.54. The molecule has 6 heteroatoms. The number of ether oxygens (including phenoxy) is 2. The number of rotatable bonds is 5. The summed E-state index contributed by atoms with van der Waals surface area (Å²) in [5, 5.41) is 2.84. The van der Waals surface area contributed by atoms with E-state index in [1.807, 2.05) is 0 Å². The SMILES string of the molecule is COC(C)CNc1ccccc1OC(F)(F)F.